The Labute approximate surface area is 250 Å². The van der Waals surface area contributed by atoms with Gasteiger partial charge in [0.25, 0.3) is 0 Å². The number of hydrogen-bond donors (Lipinski definition) is 0. The fraction of sp³-hybridized carbons (Fsp3) is 0. The Hall–Kier alpha value is -5.26. The third-order valence-electron chi connectivity index (χ3n) is 7.96. The fourth-order valence-electron chi connectivity index (χ4n) is 5.99. The largest absolute Gasteiger partial charge is 0.192 e. The molecule has 194 valence electrons. The average molecular weight is 569 g/mol. The summed E-state index contributed by atoms with van der Waals surface area (Å²) >= 11 is 3.57. The van der Waals surface area contributed by atoms with Gasteiger partial charge in [-0.15, -0.1) is 22.7 Å². The first kappa shape index (κ1) is 24.5. The summed E-state index contributed by atoms with van der Waals surface area (Å²) in [5.74, 6) is 0. The quantitative estimate of drug-likeness (QED) is 0.213. The molecule has 6 aromatic carbocycles. The summed E-state index contributed by atoms with van der Waals surface area (Å²) in [6.45, 7) is 0. The molecule has 0 radical (unpaired) electrons. The van der Waals surface area contributed by atoms with Gasteiger partial charge in [-0.2, -0.15) is 10.5 Å². The van der Waals surface area contributed by atoms with Crippen LogP contribution in [0.1, 0.15) is 11.1 Å². The van der Waals surface area contributed by atoms with Crippen LogP contribution in [-0.2, 0) is 0 Å². The van der Waals surface area contributed by atoms with E-state index in [1.54, 1.807) is 28.7 Å². The molecule has 0 saturated heterocycles. The van der Waals surface area contributed by atoms with Crippen molar-refractivity contribution in [1.29, 1.82) is 10.5 Å². The Kier molecular flexibility index (Phi) is 5.66. The summed E-state index contributed by atoms with van der Waals surface area (Å²) in [7, 11) is 0. The molecule has 8 rings (SSSR count). The van der Waals surface area contributed by atoms with Crippen molar-refractivity contribution in [2.45, 2.75) is 0 Å². The van der Waals surface area contributed by atoms with E-state index in [0.29, 0.717) is 11.1 Å². The Morgan fingerprint density at radius 3 is 1.93 bits per heavy atom. The van der Waals surface area contributed by atoms with Crippen LogP contribution >= 0.6 is 22.7 Å². The highest BCUT2D eigenvalue weighted by atomic mass is 32.1. The predicted molar refractivity (Wildman–Crippen MR) is 178 cm³/mol. The lowest BCUT2D eigenvalue weighted by Crippen LogP contribution is -1.93. The average Bonchev–Trinajstić information content (AvgIpc) is 3.62. The van der Waals surface area contributed by atoms with E-state index >= 15 is 0 Å². The van der Waals surface area contributed by atoms with Crippen LogP contribution in [0.25, 0.3) is 73.7 Å². The lowest BCUT2D eigenvalue weighted by atomic mass is 9.87. The van der Waals surface area contributed by atoms with Gasteiger partial charge >= 0.3 is 0 Å². The standard InChI is InChI=1S/C38H20N2S2/c39-21-23-7-5-8-25(17-23)31-19-26(24-15-16-37-33(18-24)28-10-2-3-13-35(28)41-37)20-32(34(31)22-40)30-12-6-11-29-27-9-1-4-14-36(27)42-38(29)30/h1-20H. The number of nitriles is 2. The number of thiophene rings is 2. The van der Waals surface area contributed by atoms with E-state index in [9.17, 15) is 10.5 Å². The molecular weight excluding hydrogens is 549 g/mol. The van der Waals surface area contributed by atoms with Gasteiger partial charge in [0.1, 0.15) is 6.07 Å². The number of rotatable bonds is 3. The molecule has 0 saturated carbocycles. The van der Waals surface area contributed by atoms with Crippen LogP contribution in [0.5, 0.6) is 0 Å². The van der Waals surface area contributed by atoms with Crippen LogP contribution in [0.4, 0.5) is 0 Å². The topological polar surface area (TPSA) is 47.6 Å². The van der Waals surface area contributed by atoms with Gasteiger partial charge in [-0.05, 0) is 65.2 Å². The first-order chi connectivity index (χ1) is 20.7. The molecule has 2 nitrogen and oxygen atoms in total. The van der Waals surface area contributed by atoms with Gasteiger partial charge in [0.05, 0.1) is 17.2 Å². The molecule has 42 heavy (non-hydrogen) atoms. The van der Waals surface area contributed by atoms with Crippen LogP contribution < -0.4 is 0 Å². The Bertz CT molecular complexity index is 2450. The molecule has 0 aliphatic heterocycles. The minimum Gasteiger partial charge on any atom is -0.192 e. The minimum atomic E-state index is 0.570. The molecular formula is C38H20N2S2. The van der Waals surface area contributed by atoms with E-state index < -0.39 is 0 Å². The highest BCUT2D eigenvalue weighted by Crippen LogP contribution is 2.44. The maximum Gasteiger partial charge on any atom is 0.100 e. The first-order valence-corrected chi connectivity index (χ1v) is 15.3. The number of hydrogen-bond acceptors (Lipinski definition) is 4. The summed E-state index contributed by atoms with van der Waals surface area (Å²) in [6, 6.07) is 46.7. The molecule has 0 N–H and O–H groups in total. The molecule has 2 aromatic heterocycles. The smallest absolute Gasteiger partial charge is 0.100 e. The van der Waals surface area contributed by atoms with E-state index in [4.69, 9.17) is 0 Å². The molecule has 8 aromatic rings. The maximum atomic E-state index is 10.6. The second kappa shape index (κ2) is 9.68. The van der Waals surface area contributed by atoms with Crippen LogP contribution in [0.3, 0.4) is 0 Å². The van der Waals surface area contributed by atoms with Gasteiger partial charge < -0.3 is 0 Å². The normalized spacial score (nSPS) is 11.3. The molecule has 0 unspecified atom stereocenters. The van der Waals surface area contributed by atoms with Gasteiger partial charge in [0.15, 0.2) is 0 Å². The zero-order valence-corrected chi connectivity index (χ0v) is 23.9. The molecule has 0 atom stereocenters. The van der Waals surface area contributed by atoms with Crippen molar-refractivity contribution in [2.75, 3.05) is 0 Å². The monoisotopic (exact) mass is 568 g/mol. The molecule has 0 bridgehead atoms. The summed E-state index contributed by atoms with van der Waals surface area (Å²) < 4.78 is 4.93. The molecule has 2 heterocycles. The predicted octanol–water partition coefficient (Wildman–Crippen LogP) is 11.2. The van der Waals surface area contributed by atoms with Crippen molar-refractivity contribution >= 4 is 63.0 Å². The van der Waals surface area contributed by atoms with Crippen LogP contribution in [0.2, 0.25) is 0 Å². The second-order valence-electron chi connectivity index (χ2n) is 10.3. The minimum absolute atomic E-state index is 0.570. The van der Waals surface area contributed by atoms with Crippen molar-refractivity contribution in [3.05, 3.63) is 132 Å². The van der Waals surface area contributed by atoms with E-state index in [-0.39, 0.29) is 0 Å². The van der Waals surface area contributed by atoms with Gasteiger partial charge in [-0.3, -0.25) is 0 Å². The van der Waals surface area contributed by atoms with Crippen molar-refractivity contribution in [3.63, 3.8) is 0 Å². The van der Waals surface area contributed by atoms with Gasteiger partial charge in [-0.1, -0.05) is 72.8 Å². The van der Waals surface area contributed by atoms with E-state index in [2.05, 4.69) is 109 Å². The number of fused-ring (bicyclic) bond motifs is 6. The van der Waals surface area contributed by atoms with Crippen molar-refractivity contribution in [2.24, 2.45) is 0 Å². The molecule has 0 aliphatic carbocycles. The SMILES string of the molecule is N#Cc1cccc(-c2cc(-c3ccc4sc5ccccc5c4c3)cc(-c3cccc4c3sc3ccccc34)c2C#N)c1. The molecule has 0 aliphatic rings. The fourth-order valence-corrected chi connectivity index (χ4v) is 8.31. The van der Waals surface area contributed by atoms with Crippen LogP contribution in [0.15, 0.2) is 121 Å². The Morgan fingerprint density at radius 1 is 0.429 bits per heavy atom. The maximum absolute atomic E-state index is 10.6. The Morgan fingerprint density at radius 2 is 1.12 bits per heavy atom. The van der Waals surface area contributed by atoms with Gasteiger partial charge in [0.2, 0.25) is 0 Å². The zero-order chi connectivity index (χ0) is 28.2. The summed E-state index contributed by atoms with van der Waals surface area (Å²) in [4.78, 5) is 0. The van der Waals surface area contributed by atoms with Gasteiger partial charge in [0, 0.05) is 57.0 Å². The highest BCUT2D eigenvalue weighted by Gasteiger charge is 2.19. The van der Waals surface area contributed by atoms with E-state index in [1.807, 2.05) is 18.2 Å². The summed E-state index contributed by atoms with van der Waals surface area (Å²) in [5, 5.41) is 25.2. The Balaban J connectivity index is 1.45. The number of benzene rings is 6. The van der Waals surface area contributed by atoms with Gasteiger partial charge in [-0.25, -0.2) is 0 Å². The molecule has 0 fully saturated rings. The van der Waals surface area contributed by atoms with E-state index in [0.717, 1.165) is 33.4 Å². The van der Waals surface area contributed by atoms with Crippen LogP contribution in [0, 0.1) is 22.7 Å². The third-order valence-corrected chi connectivity index (χ3v) is 10.3. The number of nitrogens with zero attached hydrogens (tertiary/aromatic N) is 2. The zero-order valence-electron chi connectivity index (χ0n) is 22.3. The molecule has 0 amide bonds. The van der Waals surface area contributed by atoms with Crippen molar-refractivity contribution in [1.82, 2.24) is 0 Å². The summed E-state index contributed by atoms with van der Waals surface area (Å²) in [5.41, 5.74) is 6.96. The summed E-state index contributed by atoms with van der Waals surface area (Å²) in [6.07, 6.45) is 0. The lowest BCUT2D eigenvalue weighted by molar-refractivity contribution is 1.46. The second-order valence-corrected chi connectivity index (χ2v) is 12.5. The lowest BCUT2D eigenvalue weighted by Gasteiger charge is -2.15. The highest BCUT2D eigenvalue weighted by molar-refractivity contribution is 7.26. The molecule has 0 spiro atoms. The third kappa shape index (κ3) is 3.82. The van der Waals surface area contributed by atoms with Crippen LogP contribution in [-0.4, -0.2) is 0 Å². The van der Waals surface area contributed by atoms with Crippen molar-refractivity contribution < 1.29 is 0 Å². The van der Waals surface area contributed by atoms with Crippen molar-refractivity contribution in [3.8, 4) is 45.5 Å². The first-order valence-electron chi connectivity index (χ1n) is 13.6. The van der Waals surface area contributed by atoms with E-state index in [1.165, 1.54) is 40.3 Å². The molecule has 4 heteroatoms.